The Kier molecular flexibility index (Phi) is 7.83. The van der Waals surface area contributed by atoms with Gasteiger partial charge < -0.3 is 14.3 Å². The van der Waals surface area contributed by atoms with Gasteiger partial charge in [-0.15, -0.1) is 10.1 Å². The fourth-order valence-corrected chi connectivity index (χ4v) is 4.91. The van der Waals surface area contributed by atoms with Crippen LogP contribution in [0.3, 0.4) is 0 Å². The van der Waals surface area contributed by atoms with Gasteiger partial charge in [0.05, 0.1) is 6.61 Å². The van der Waals surface area contributed by atoms with Gasteiger partial charge in [-0.25, -0.2) is 8.78 Å². The lowest BCUT2D eigenvalue weighted by Crippen LogP contribution is -2.45. The minimum atomic E-state index is -3.10. The van der Waals surface area contributed by atoms with E-state index in [2.05, 4.69) is 10.9 Å². The van der Waals surface area contributed by atoms with E-state index in [1.54, 1.807) is 0 Å². The molecular weight excluding hydrogens is 448 g/mol. The zero-order valence-corrected chi connectivity index (χ0v) is 20.2. The minimum absolute atomic E-state index is 0.0392. The molecule has 7 nitrogen and oxygen atoms in total. The van der Waals surface area contributed by atoms with E-state index < -0.39 is 22.6 Å². The van der Waals surface area contributed by atoms with Crippen LogP contribution in [-0.4, -0.2) is 23.3 Å². The third-order valence-electron chi connectivity index (χ3n) is 6.70. The van der Waals surface area contributed by atoms with Gasteiger partial charge in [0.2, 0.25) is 0 Å². The maximum atomic E-state index is 15.1. The van der Waals surface area contributed by atoms with Crippen molar-refractivity contribution in [2.45, 2.75) is 90.1 Å². The molecule has 1 aromatic carbocycles. The highest BCUT2D eigenvalue weighted by Gasteiger charge is 2.47. The number of carbonyl (C=O) groups excluding carboxylic acids is 1. The van der Waals surface area contributed by atoms with Crippen LogP contribution in [0.2, 0.25) is 0 Å². The van der Waals surface area contributed by atoms with E-state index in [-0.39, 0.29) is 49.0 Å². The average Bonchev–Trinajstić information content (AvgIpc) is 2.74. The van der Waals surface area contributed by atoms with Crippen molar-refractivity contribution in [3.05, 3.63) is 45.0 Å². The van der Waals surface area contributed by atoms with Gasteiger partial charge in [0.1, 0.15) is 17.1 Å². The third kappa shape index (κ3) is 5.85. The summed E-state index contributed by atoms with van der Waals surface area (Å²) >= 11 is 0. The Morgan fingerprint density at radius 2 is 2.06 bits per heavy atom. The Bertz CT molecular complexity index is 959. The van der Waals surface area contributed by atoms with Gasteiger partial charge in [0.15, 0.2) is 0 Å². The Morgan fingerprint density at radius 3 is 2.74 bits per heavy atom. The molecule has 2 unspecified atom stereocenters. The molecule has 0 saturated carbocycles. The fraction of sp³-hybridized carbons (Fsp3) is 0.640. The number of unbranched alkanes of at least 4 members (excludes halogenated alkanes) is 1. The lowest BCUT2D eigenvalue weighted by molar-refractivity contribution is -0.757. The minimum Gasteiger partial charge on any atom is -0.487 e. The zero-order valence-electron chi connectivity index (χ0n) is 20.2. The highest BCUT2D eigenvalue weighted by atomic mass is 19.3. The van der Waals surface area contributed by atoms with Crippen LogP contribution in [0.4, 0.5) is 8.78 Å². The van der Waals surface area contributed by atoms with Crippen molar-refractivity contribution < 1.29 is 33.0 Å². The molecule has 0 N–H and O–H groups in total. The molecule has 34 heavy (non-hydrogen) atoms. The second kappa shape index (κ2) is 10.3. The highest BCUT2D eigenvalue weighted by molar-refractivity contribution is 5.73. The van der Waals surface area contributed by atoms with Crippen molar-refractivity contribution in [2.24, 2.45) is 5.92 Å². The predicted octanol–water partition coefficient (Wildman–Crippen LogP) is 6.47. The van der Waals surface area contributed by atoms with Gasteiger partial charge in [-0.2, -0.15) is 0 Å². The largest absolute Gasteiger partial charge is 0.487 e. The van der Waals surface area contributed by atoms with Crippen LogP contribution >= 0.6 is 0 Å². The Labute approximate surface area is 198 Å². The highest BCUT2D eigenvalue weighted by Crippen LogP contribution is 2.55. The summed E-state index contributed by atoms with van der Waals surface area (Å²) in [6.07, 6.45) is 4.28. The molecule has 0 aromatic heterocycles. The third-order valence-corrected chi connectivity index (χ3v) is 6.70. The monoisotopic (exact) mass is 481 g/mol. The summed E-state index contributed by atoms with van der Waals surface area (Å²) in [5, 5.41) is 9.36. The average molecular weight is 482 g/mol. The number of rotatable bonds is 10. The molecule has 1 aliphatic carbocycles. The Balaban J connectivity index is 1.98. The van der Waals surface area contributed by atoms with E-state index in [4.69, 9.17) is 9.47 Å². The fourth-order valence-electron chi connectivity index (χ4n) is 4.91. The summed E-state index contributed by atoms with van der Waals surface area (Å²) in [5.74, 6) is -3.28. The number of hydrogen-bond acceptors (Lipinski definition) is 6. The van der Waals surface area contributed by atoms with Crippen LogP contribution in [0.25, 0.3) is 0 Å². The van der Waals surface area contributed by atoms with Crippen LogP contribution in [-0.2, 0) is 15.6 Å². The molecule has 3 rings (SSSR count). The predicted molar refractivity (Wildman–Crippen MR) is 122 cm³/mol. The van der Waals surface area contributed by atoms with Gasteiger partial charge in [0.25, 0.3) is 11.0 Å². The first kappa shape index (κ1) is 25.9. The van der Waals surface area contributed by atoms with Crippen molar-refractivity contribution in [3.63, 3.8) is 0 Å². The molecule has 9 heteroatoms. The summed E-state index contributed by atoms with van der Waals surface area (Å²) in [7, 11) is 0. The van der Waals surface area contributed by atoms with Crippen molar-refractivity contribution in [2.75, 3.05) is 6.61 Å². The quantitative estimate of drug-likeness (QED) is 0.0950. The number of ether oxygens (including phenoxy) is 2. The number of benzene rings is 1. The van der Waals surface area contributed by atoms with Crippen LogP contribution in [0.5, 0.6) is 11.5 Å². The van der Waals surface area contributed by atoms with Crippen LogP contribution < -0.4 is 9.47 Å². The smallest absolute Gasteiger partial charge is 0.311 e. The van der Waals surface area contributed by atoms with E-state index in [9.17, 15) is 14.9 Å². The Morgan fingerprint density at radius 1 is 1.32 bits per heavy atom. The number of esters is 1. The summed E-state index contributed by atoms with van der Waals surface area (Å²) in [5.41, 5.74) is 1.02. The lowest BCUT2D eigenvalue weighted by atomic mass is 9.67. The van der Waals surface area contributed by atoms with Crippen LogP contribution in [0.15, 0.2) is 23.8 Å². The number of fused-ring (bicyclic) bond motifs is 3. The van der Waals surface area contributed by atoms with Gasteiger partial charge in [0, 0.05) is 35.8 Å². The molecule has 0 fully saturated rings. The molecular formula is C25H33F2NO6. The van der Waals surface area contributed by atoms with Gasteiger partial charge >= 0.3 is 5.97 Å². The molecule has 0 spiro atoms. The van der Waals surface area contributed by atoms with Crippen molar-refractivity contribution in [3.8, 4) is 11.5 Å². The number of hydrogen-bond donors (Lipinski definition) is 0. The van der Waals surface area contributed by atoms with Gasteiger partial charge in [-0.3, -0.25) is 4.79 Å². The molecule has 1 heterocycles. The molecule has 2 aliphatic rings. The summed E-state index contributed by atoms with van der Waals surface area (Å²) in [6.45, 7) is 7.56. The van der Waals surface area contributed by atoms with Gasteiger partial charge in [-0.05, 0) is 58.6 Å². The number of nitrogens with zero attached hydrogens (tertiary/aromatic N) is 1. The Hall–Kier alpha value is -2.71. The summed E-state index contributed by atoms with van der Waals surface area (Å²) < 4.78 is 42.0. The van der Waals surface area contributed by atoms with E-state index in [0.29, 0.717) is 24.2 Å². The van der Waals surface area contributed by atoms with E-state index >= 15 is 8.78 Å². The molecule has 0 bridgehead atoms. The topological polar surface area (TPSA) is 87.9 Å². The first-order valence-electron chi connectivity index (χ1n) is 11.8. The van der Waals surface area contributed by atoms with E-state index in [0.717, 1.165) is 12.8 Å². The molecule has 0 radical (unpaired) electrons. The number of halogens is 2. The van der Waals surface area contributed by atoms with Crippen LogP contribution in [0, 0.1) is 16.0 Å². The molecule has 2 atom stereocenters. The maximum absolute atomic E-state index is 15.1. The molecule has 188 valence electrons. The number of allylic oxidation sites excluding steroid dienone is 2. The molecule has 1 aromatic rings. The van der Waals surface area contributed by atoms with Crippen LogP contribution in [0.1, 0.15) is 89.7 Å². The first-order chi connectivity index (χ1) is 15.9. The summed E-state index contributed by atoms with van der Waals surface area (Å²) in [4.78, 5) is 27.1. The van der Waals surface area contributed by atoms with Crippen molar-refractivity contribution in [1.82, 2.24) is 0 Å². The second-order valence-corrected chi connectivity index (χ2v) is 9.74. The maximum Gasteiger partial charge on any atom is 0.311 e. The second-order valence-electron chi connectivity index (χ2n) is 9.74. The van der Waals surface area contributed by atoms with E-state index in [1.807, 2.05) is 27.7 Å². The zero-order chi connectivity index (χ0) is 25.1. The first-order valence-corrected chi connectivity index (χ1v) is 11.8. The van der Waals surface area contributed by atoms with Crippen molar-refractivity contribution >= 4 is 5.97 Å². The van der Waals surface area contributed by atoms with Crippen molar-refractivity contribution in [1.29, 1.82) is 0 Å². The molecule has 0 saturated heterocycles. The lowest BCUT2D eigenvalue weighted by Gasteiger charge is -2.47. The number of alkyl halides is 2. The molecule has 1 aliphatic heterocycles. The molecule has 0 amide bonds. The standard InChI is InChI=1S/C25H33F2NO6/c1-5-6-11-25(26,27)17-14-20(33-22(29)8-7-12-32-28(30)31)23-18-13-16(2)9-10-19(18)24(3,4)34-21(23)15-17/h9,14-15,18-19H,5-8,10-13H2,1-4H3. The number of carbonyl (C=O) groups is 1. The van der Waals surface area contributed by atoms with Gasteiger partial charge in [-0.1, -0.05) is 25.0 Å². The summed E-state index contributed by atoms with van der Waals surface area (Å²) in [6, 6.07) is 2.67. The normalized spacial score (nSPS) is 20.9. The SMILES string of the molecule is CCCCC(F)(F)c1cc(OC(=O)CCCO[N+](=O)[O-])c2c(c1)OC(C)(C)C1CC=C(C)CC21. The van der Waals surface area contributed by atoms with E-state index in [1.165, 1.54) is 17.7 Å².